The Hall–Kier alpha value is -1.59. The van der Waals surface area contributed by atoms with Crippen LogP contribution in [0.1, 0.15) is 59.2 Å². The Bertz CT molecular complexity index is 567. The van der Waals surface area contributed by atoms with Crippen molar-refractivity contribution in [3.05, 3.63) is 34.3 Å². The number of hydrogen-bond donors (Lipinski definition) is 3. The molecule has 1 aromatic rings. The van der Waals surface area contributed by atoms with E-state index in [0.717, 1.165) is 25.7 Å². The fraction of sp³-hybridized carbons (Fsp3) is 0.500. The van der Waals surface area contributed by atoms with E-state index < -0.39 is 17.4 Å². The quantitative estimate of drug-likeness (QED) is 0.742. The average Bonchev–Trinajstić information content (AvgIpc) is 2.70. The van der Waals surface area contributed by atoms with Gasteiger partial charge in [-0.15, -0.1) is 0 Å². The second-order valence-electron chi connectivity index (χ2n) is 5.88. The van der Waals surface area contributed by atoms with E-state index >= 15 is 0 Å². The first-order valence-corrected chi connectivity index (χ1v) is 7.89. The molecule has 1 aliphatic carbocycles. The van der Waals surface area contributed by atoms with Gasteiger partial charge in [-0.3, -0.25) is 9.59 Å². The Morgan fingerprint density at radius 3 is 2.45 bits per heavy atom. The number of amides is 2. The van der Waals surface area contributed by atoms with Gasteiger partial charge in [-0.05, 0) is 31.0 Å². The molecule has 0 radical (unpaired) electrons. The van der Waals surface area contributed by atoms with Gasteiger partial charge in [-0.2, -0.15) is 0 Å². The van der Waals surface area contributed by atoms with Gasteiger partial charge in [0.25, 0.3) is 5.91 Å². The average molecular weight is 325 g/mol. The van der Waals surface area contributed by atoms with Crippen molar-refractivity contribution in [3.63, 3.8) is 0 Å². The van der Waals surface area contributed by atoms with Crippen LogP contribution in [0.5, 0.6) is 0 Å². The number of nitrogens with one attached hydrogen (secondary N) is 1. The molecule has 4 N–H and O–H groups in total. The predicted octanol–water partition coefficient (Wildman–Crippen LogP) is 2.25. The van der Waals surface area contributed by atoms with Crippen molar-refractivity contribution in [2.24, 2.45) is 5.73 Å². The molecule has 6 heteroatoms. The number of primary amides is 1. The zero-order valence-corrected chi connectivity index (χ0v) is 13.2. The van der Waals surface area contributed by atoms with Crippen molar-refractivity contribution in [1.29, 1.82) is 0 Å². The third kappa shape index (κ3) is 4.21. The highest BCUT2D eigenvalue weighted by Crippen LogP contribution is 2.26. The van der Waals surface area contributed by atoms with Crippen LogP contribution in [0.3, 0.4) is 0 Å². The number of rotatable bonds is 4. The largest absolute Gasteiger partial charge is 0.388 e. The van der Waals surface area contributed by atoms with Crippen LogP contribution in [0.2, 0.25) is 5.02 Å². The van der Waals surface area contributed by atoms with E-state index in [1.165, 1.54) is 18.2 Å². The Morgan fingerprint density at radius 1 is 1.23 bits per heavy atom. The highest BCUT2D eigenvalue weighted by Gasteiger charge is 2.28. The number of benzene rings is 1. The highest BCUT2D eigenvalue weighted by atomic mass is 35.5. The first-order valence-electron chi connectivity index (χ1n) is 7.51. The molecular formula is C16H21ClN2O3. The van der Waals surface area contributed by atoms with Crippen molar-refractivity contribution in [2.45, 2.75) is 44.1 Å². The fourth-order valence-corrected chi connectivity index (χ4v) is 2.96. The summed E-state index contributed by atoms with van der Waals surface area (Å²) in [6.45, 7) is 0.183. The molecule has 0 spiro atoms. The minimum Gasteiger partial charge on any atom is -0.388 e. The molecule has 2 rings (SSSR count). The van der Waals surface area contributed by atoms with Crippen LogP contribution in [0.25, 0.3) is 0 Å². The fourth-order valence-electron chi connectivity index (χ4n) is 2.76. The maximum atomic E-state index is 12.3. The van der Waals surface area contributed by atoms with Crippen molar-refractivity contribution >= 4 is 23.4 Å². The van der Waals surface area contributed by atoms with Crippen LogP contribution in [-0.2, 0) is 0 Å². The SMILES string of the molecule is NC(=O)c1ccc(Cl)c(C(=O)NCC2(O)CCCCCC2)c1. The molecular weight excluding hydrogens is 304 g/mol. The molecule has 0 aliphatic heterocycles. The van der Waals surface area contributed by atoms with Gasteiger partial charge in [0.15, 0.2) is 0 Å². The predicted molar refractivity (Wildman–Crippen MR) is 85.0 cm³/mol. The van der Waals surface area contributed by atoms with E-state index in [1.54, 1.807) is 0 Å². The molecule has 0 bridgehead atoms. The molecule has 1 aliphatic rings. The normalized spacial score (nSPS) is 17.5. The zero-order chi connectivity index (χ0) is 16.2. The summed E-state index contributed by atoms with van der Waals surface area (Å²) in [5, 5.41) is 13.5. The Kier molecular flexibility index (Phi) is 5.42. The minimum atomic E-state index is -0.861. The molecule has 1 fully saturated rings. The molecule has 120 valence electrons. The van der Waals surface area contributed by atoms with E-state index in [-0.39, 0.29) is 22.7 Å². The molecule has 0 saturated heterocycles. The van der Waals surface area contributed by atoms with Gasteiger partial charge >= 0.3 is 0 Å². The molecule has 1 aromatic carbocycles. The topological polar surface area (TPSA) is 92.4 Å². The van der Waals surface area contributed by atoms with Crippen molar-refractivity contribution in [2.75, 3.05) is 6.54 Å². The minimum absolute atomic E-state index is 0.183. The van der Waals surface area contributed by atoms with Gasteiger partial charge in [0.1, 0.15) is 0 Å². The van der Waals surface area contributed by atoms with Crippen molar-refractivity contribution in [3.8, 4) is 0 Å². The summed E-state index contributed by atoms with van der Waals surface area (Å²) in [7, 11) is 0. The summed E-state index contributed by atoms with van der Waals surface area (Å²) in [6, 6.07) is 4.31. The third-order valence-electron chi connectivity index (χ3n) is 4.11. The monoisotopic (exact) mass is 324 g/mol. The summed E-state index contributed by atoms with van der Waals surface area (Å²) >= 11 is 6.00. The lowest BCUT2D eigenvalue weighted by molar-refractivity contribution is 0.0246. The van der Waals surface area contributed by atoms with E-state index in [1.807, 2.05) is 0 Å². The number of carbonyl (C=O) groups excluding carboxylic acids is 2. The maximum absolute atomic E-state index is 12.3. The standard InChI is InChI=1S/C16H21ClN2O3/c17-13-6-5-11(14(18)20)9-12(13)15(21)19-10-16(22)7-3-1-2-4-8-16/h5-6,9,22H,1-4,7-8,10H2,(H2,18,20)(H,19,21). The van der Waals surface area contributed by atoms with E-state index in [4.69, 9.17) is 17.3 Å². The van der Waals surface area contributed by atoms with E-state index in [0.29, 0.717) is 12.8 Å². The molecule has 0 heterocycles. The number of nitrogens with two attached hydrogens (primary N) is 1. The summed E-state index contributed by atoms with van der Waals surface area (Å²) in [6.07, 6.45) is 5.52. The number of halogens is 1. The molecule has 0 atom stereocenters. The molecule has 0 aromatic heterocycles. The van der Waals surface area contributed by atoms with Crippen LogP contribution < -0.4 is 11.1 Å². The maximum Gasteiger partial charge on any atom is 0.252 e. The Balaban J connectivity index is 2.05. The van der Waals surface area contributed by atoms with Gasteiger partial charge in [0, 0.05) is 12.1 Å². The number of aliphatic hydroxyl groups is 1. The van der Waals surface area contributed by atoms with E-state index in [9.17, 15) is 14.7 Å². The van der Waals surface area contributed by atoms with Gasteiger partial charge in [0.2, 0.25) is 5.91 Å². The molecule has 5 nitrogen and oxygen atoms in total. The lowest BCUT2D eigenvalue weighted by Crippen LogP contribution is -2.42. The molecule has 2 amide bonds. The van der Waals surface area contributed by atoms with Crippen LogP contribution in [0.15, 0.2) is 18.2 Å². The Labute approximate surface area is 134 Å². The van der Waals surface area contributed by atoms with Gasteiger partial charge in [-0.25, -0.2) is 0 Å². The van der Waals surface area contributed by atoms with Gasteiger partial charge in [0.05, 0.1) is 16.2 Å². The van der Waals surface area contributed by atoms with Crippen LogP contribution in [-0.4, -0.2) is 29.1 Å². The zero-order valence-electron chi connectivity index (χ0n) is 12.4. The summed E-state index contributed by atoms with van der Waals surface area (Å²) in [5.41, 5.74) is 4.76. The molecule has 22 heavy (non-hydrogen) atoms. The number of carbonyl (C=O) groups is 2. The van der Waals surface area contributed by atoms with Gasteiger partial charge in [-0.1, -0.05) is 37.3 Å². The molecule has 1 saturated carbocycles. The Morgan fingerprint density at radius 2 is 1.86 bits per heavy atom. The van der Waals surface area contributed by atoms with E-state index in [2.05, 4.69) is 5.32 Å². The lowest BCUT2D eigenvalue weighted by atomic mass is 9.94. The van der Waals surface area contributed by atoms with Crippen LogP contribution in [0.4, 0.5) is 0 Å². The van der Waals surface area contributed by atoms with Gasteiger partial charge < -0.3 is 16.2 Å². The lowest BCUT2D eigenvalue weighted by Gasteiger charge is -2.26. The van der Waals surface area contributed by atoms with Crippen molar-refractivity contribution in [1.82, 2.24) is 5.32 Å². The first kappa shape index (κ1) is 16.8. The summed E-state index contributed by atoms with van der Waals surface area (Å²) in [5.74, 6) is -1.03. The number of hydrogen-bond acceptors (Lipinski definition) is 3. The smallest absolute Gasteiger partial charge is 0.252 e. The molecule has 0 unspecified atom stereocenters. The second kappa shape index (κ2) is 7.11. The first-order chi connectivity index (χ1) is 10.4. The summed E-state index contributed by atoms with van der Waals surface area (Å²) < 4.78 is 0. The van der Waals surface area contributed by atoms with Crippen LogP contribution >= 0.6 is 11.6 Å². The third-order valence-corrected chi connectivity index (χ3v) is 4.44. The highest BCUT2D eigenvalue weighted by molar-refractivity contribution is 6.34. The second-order valence-corrected chi connectivity index (χ2v) is 6.29. The van der Waals surface area contributed by atoms with Crippen LogP contribution in [0, 0.1) is 0 Å². The van der Waals surface area contributed by atoms with Crippen molar-refractivity contribution < 1.29 is 14.7 Å². The summed E-state index contributed by atoms with van der Waals surface area (Å²) in [4.78, 5) is 23.4.